The van der Waals surface area contributed by atoms with Gasteiger partial charge < -0.3 is 14.6 Å². The SMILES string of the molecule is CCC(C)(CCl)NC(=O)c1cc(COC)on1. The highest BCUT2D eigenvalue weighted by Gasteiger charge is 2.25. The van der Waals surface area contributed by atoms with Gasteiger partial charge in [0.1, 0.15) is 6.61 Å². The second-order valence-electron chi connectivity index (χ2n) is 4.11. The first-order chi connectivity index (χ1) is 8.04. The lowest BCUT2D eigenvalue weighted by Gasteiger charge is -2.26. The van der Waals surface area contributed by atoms with E-state index in [9.17, 15) is 4.79 Å². The van der Waals surface area contributed by atoms with E-state index < -0.39 is 5.54 Å². The molecule has 0 aliphatic carbocycles. The summed E-state index contributed by atoms with van der Waals surface area (Å²) in [5, 5.41) is 6.51. The summed E-state index contributed by atoms with van der Waals surface area (Å²) in [6, 6.07) is 1.56. The van der Waals surface area contributed by atoms with Crippen molar-refractivity contribution in [1.29, 1.82) is 0 Å². The summed E-state index contributed by atoms with van der Waals surface area (Å²) >= 11 is 5.82. The summed E-state index contributed by atoms with van der Waals surface area (Å²) in [7, 11) is 1.55. The van der Waals surface area contributed by atoms with E-state index in [0.29, 0.717) is 18.2 Å². The number of alkyl halides is 1. The molecule has 1 aromatic rings. The van der Waals surface area contributed by atoms with Gasteiger partial charge in [0.05, 0.1) is 5.54 Å². The number of ether oxygens (including phenoxy) is 1. The van der Waals surface area contributed by atoms with Gasteiger partial charge in [-0.1, -0.05) is 12.1 Å². The van der Waals surface area contributed by atoms with Crippen LogP contribution in [0.4, 0.5) is 0 Å². The van der Waals surface area contributed by atoms with Gasteiger partial charge in [-0.05, 0) is 13.3 Å². The second-order valence-corrected chi connectivity index (χ2v) is 4.38. The third kappa shape index (κ3) is 3.71. The summed E-state index contributed by atoms with van der Waals surface area (Å²) in [4.78, 5) is 11.9. The molecule has 1 N–H and O–H groups in total. The first kappa shape index (κ1) is 14.0. The van der Waals surface area contributed by atoms with E-state index in [4.69, 9.17) is 20.9 Å². The van der Waals surface area contributed by atoms with E-state index in [1.54, 1.807) is 13.2 Å². The summed E-state index contributed by atoms with van der Waals surface area (Å²) in [6.07, 6.45) is 0.741. The maximum atomic E-state index is 11.9. The average Bonchev–Trinajstić information content (AvgIpc) is 2.78. The lowest BCUT2D eigenvalue weighted by molar-refractivity contribution is 0.0902. The fourth-order valence-corrected chi connectivity index (χ4v) is 1.44. The Kier molecular flexibility index (Phi) is 4.96. The number of methoxy groups -OCH3 is 1. The molecule has 5 nitrogen and oxygen atoms in total. The third-order valence-corrected chi connectivity index (χ3v) is 3.16. The average molecular weight is 261 g/mol. The summed E-state index contributed by atoms with van der Waals surface area (Å²) in [5.41, 5.74) is -0.194. The molecule has 0 aliphatic rings. The summed E-state index contributed by atoms with van der Waals surface area (Å²) in [6.45, 7) is 4.14. The van der Waals surface area contributed by atoms with Gasteiger partial charge in [0.25, 0.3) is 5.91 Å². The van der Waals surface area contributed by atoms with Crippen LogP contribution in [0.15, 0.2) is 10.6 Å². The lowest BCUT2D eigenvalue weighted by Crippen LogP contribution is -2.47. The number of rotatable bonds is 6. The molecule has 0 spiro atoms. The monoisotopic (exact) mass is 260 g/mol. The summed E-state index contributed by atoms with van der Waals surface area (Å²) in [5.74, 6) is 0.570. The number of carbonyl (C=O) groups excluding carboxylic acids is 1. The van der Waals surface area contributed by atoms with Crippen LogP contribution in [0.3, 0.4) is 0 Å². The zero-order valence-corrected chi connectivity index (χ0v) is 11.0. The van der Waals surface area contributed by atoms with Crippen molar-refractivity contribution in [1.82, 2.24) is 10.5 Å². The normalized spacial score (nSPS) is 14.4. The van der Waals surface area contributed by atoms with Crippen LogP contribution >= 0.6 is 11.6 Å². The van der Waals surface area contributed by atoms with Crippen LogP contribution < -0.4 is 5.32 Å². The fourth-order valence-electron chi connectivity index (χ4n) is 1.18. The van der Waals surface area contributed by atoms with Crippen LogP contribution in [0.2, 0.25) is 0 Å². The molecule has 0 fully saturated rings. The summed E-state index contributed by atoms with van der Waals surface area (Å²) < 4.78 is 9.82. The Hall–Kier alpha value is -1.07. The molecule has 1 atom stereocenters. The highest BCUT2D eigenvalue weighted by molar-refractivity contribution is 6.18. The molecule has 1 rings (SSSR count). The van der Waals surface area contributed by atoms with Crippen molar-refractivity contribution >= 4 is 17.5 Å². The highest BCUT2D eigenvalue weighted by atomic mass is 35.5. The molecular formula is C11H17ClN2O3. The standard InChI is InChI=1S/C11H17ClN2O3/c1-4-11(2,7-12)13-10(15)9-5-8(6-16-3)17-14-9/h5H,4,6-7H2,1-3H3,(H,13,15). The van der Waals surface area contributed by atoms with E-state index in [-0.39, 0.29) is 11.6 Å². The molecule has 0 aliphatic heterocycles. The van der Waals surface area contributed by atoms with Crippen molar-refractivity contribution in [2.75, 3.05) is 13.0 Å². The first-order valence-electron chi connectivity index (χ1n) is 5.37. The zero-order valence-electron chi connectivity index (χ0n) is 10.2. The Bertz CT molecular complexity index is 375. The van der Waals surface area contributed by atoms with Gasteiger partial charge >= 0.3 is 0 Å². The Labute approximate surface area is 105 Å². The Morgan fingerprint density at radius 2 is 2.41 bits per heavy atom. The molecule has 6 heteroatoms. The van der Waals surface area contributed by atoms with Crippen molar-refractivity contribution in [3.8, 4) is 0 Å². The van der Waals surface area contributed by atoms with Gasteiger partial charge in [0.15, 0.2) is 11.5 Å². The molecule has 0 saturated carbocycles. The lowest BCUT2D eigenvalue weighted by atomic mass is 10.0. The quantitative estimate of drug-likeness (QED) is 0.794. The van der Waals surface area contributed by atoms with Gasteiger partial charge in [-0.25, -0.2) is 0 Å². The van der Waals surface area contributed by atoms with E-state index in [1.807, 2.05) is 13.8 Å². The second kappa shape index (κ2) is 6.02. The first-order valence-corrected chi connectivity index (χ1v) is 5.91. The number of aromatic nitrogens is 1. The predicted octanol–water partition coefficient (Wildman–Crippen LogP) is 1.96. The van der Waals surface area contributed by atoms with E-state index in [2.05, 4.69) is 10.5 Å². The van der Waals surface area contributed by atoms with Crippen LogP contribution in [-0.2, 0) is 11.3 Å². The molecule has 96 valence electrons. The molecule has 1 unspecified atom stereocenters. The Balaban J connectivity index is 2.69. The number of carbonyl (C=O) groups is 1. The third-order valence-electron chi connectivity index (χ3n) is 2.57. The van der Waals surface area contributed by atoms with Crippen molar-refractivity contribution in [3.05, 3.63) is 17.5 Å². The number of nitrogens with zero attached hydrogens (tertiary/aromatic N) is 1. The van der Waals surface area contributed by atoms with Crippen LogP contribution in [0.5, 0.6) is 0 Å². The van der Waals surface area contributed by atoms with Crippen molar-refractivity contribution < 1.29 is 14.1 Å². The molecule has 17 heavy (non-hydrogen) atoms. The van der Waals surface area contributed by atoms with Crippen molar-refractivity contribution in [2.45, 2.75) is 32.4 Å². The molecule has 1 heterocycles. The number of hydrogen-bond acceptors (Lipinski definition) is 4. The number of halogens is 1. The zero-order chi connectivity index (χ0) is 12.9. The van der Waals surface area contributed by atoms with Crippen LogP contribution in [-0.4, -0.2) is 29.6 Å². The molecule has 0 radical (unpaired) electrons. The van der Waals surface area contributed by atoms with Crippen molar-refractivity contribution in [3.63, 3.8) is 0 Å². The Morgan fingerprint density at radius 1 is 1.71 bits per heavy atom. The van der Waals surface area contributed by atoms with Crippen molar-refractivity contribution in [2.24, 2.45) is 0 Å². The molecular weight excluding hydrogens is 244 g/mol. The molecule has 0 saturated heterocycles. The maximum absolute atomic E-state index is 11.9. The fraction of sp³-hybridized carbons (Fsp3) is 0.636. The van der Waals surface area contributed by atoms with Gasteiger partial charge in [-0.3, -0.25) is 4.79 Å². The number of hydrogen-bond donors (Lipinski definition) is 1. The minimum Gasteiger partial charge on any atom is -0.377 e. The molecule has 0 aromatic carbocycles. The van der Waals surface area contributed by atoms with Gasteiger partial charge in [-0.15, -0.1) is 11.6 Å². The van der Waals surface area contributed by atoms with Gasteiger partial charge in [0, 0.05) is 19.1 Å². The van der Waals surface area contributed by atoms with E-state index in [0.717, 1.165) is 6.42 Å². The predicted molar refractivity (Wildman–Crippen MR) is 64.1 cm³/mol. The number of nitrogens with one attached hydrogen (secondary N) is 1. The molecule has 0 bridgehead atoms. The Morgan fingerprint density at radius 3 is 2.94 bits per heavy atom. The largest absolute Gasteiger partial charge is 0.377 e. The minimum atomic E-state index is -0.432. The molecule has 1 amide bonds. The maximum Gasteiger partial charge on any atom is 0.273 e. The molecule has 1 aromatic heterocycles. The van der Waals surface area contributed by atoms with Gasteiger partial charge in [-0.2, -0.15) is 0 Å². The van der Waals surface area contributed by atoms with E-state index >= 15 is 0 Å². The van der Waals surface area contributed by atoms with Crippen LogP contribution in [0.25, 0.3) is 0 Å². The highest BCUT2D eigenvalue weighted by Crippen LogP contribution is 2.13. The topological polar surface area (TPSA) is 64.4 Å². The number of amides is 1. The minimum absolute atomic E-state index is 0.238. The van der Waals surface area contributed by atoms with Crippen LogP contribution in [0.1, 0.15) is 36.5 Å². The smallest absolute Gasteiger partial charge is 0.273 e. The van der Waals surface area contributed by atoms with Gasteiger partial charge in [0.2, 0.25) is 0 Å². The van der Waals surface area contributed by atoms with E-state index in [1.165, 1.54) is 0 Å². The van der Waals surface area contributed by atoms with Crippen LogP contribution in [0, 0.1) is 0 Å².